The third kappa shape index (κ3) is 4.87. The molecule has 0 aromatic carbocycles. The van der Waals surface area contributed by atoms with E-state index in [1.165, 1.54) is 58.0 Å². The highest BCUT2D eigenvalue weighted by Gasteiger charge is 2.16. The molecule has 0 saturated carbocycles. The van der Waals surface area contributed by atoms with Crippen molar-refractivity contribution in [3.05, 3.63) is 0 Å². The van der Waals surface area contributed by atoms with Crippen LogP contribution in [0.4, 0.5) is 0 Å². The molecule has 2 aliphatic heterocycles. The highest BCUT2D eigenvalue weighted by atomic mass is 16.5. The molecular weight excluding hydrogens is 224 g/mol. The summed E-state index contributed by atoms with van der Waals surface area (Å²) in [5.41, 5.74) is 0. The number of hydrogen-bond acceptors (Lipinski definition) is 3. The molecule has 2 rings (SSSR count). The zero-order valence-corrected chi connectivity index (χ0v) is 12.0. The monoisotopic (exact) mass is 254 g/mol. The first-order chi connectivity index (χ1) is 8.86. The fourth-order valence-electron chi connectivity index (χ4n) is 3.13. The SMILES string of the molecule is CC(CNCCCC1CCCO1)N1CCCCC1. The van der Waals surface area contributed by atoms with Crippen molar-refractivity contribution in [3.63, 3.8) is 0 Å². The van der Waals surface area contributed by atoms with Crippen LogP contribution in [0.3, 0.4) is 0 Å². The summed E-state index contributed by atoms with van der Waals surface area (Å²) in [5, 5.41) is 3.61. The van der Waals surface area contributed by atoms with Gasteiger partial charge < -0.3 is 10.1 Å². The number of nitrogens with one attached hydrogen (secondary N) is 1. The van der Waals surface area contributed by atoms with Gasteiger partial charge in [-0.1, -0.05) is 6.42 Å². The zero-order chi connectivity index (χ0) is 12.6. The lowest BCUT2D eigenvalue weighted by molar-refractivity contribution is 0.102. The van der Waals surface area contributed by atoms with E-state index in [0.29, 0.717) is 12.1 Å². The molecular formula is C15H30N2O. The molecule has 0 aromatic rings. The third-order valence-electron chi connectivity index (χ3n) is 4.36. The van der Waals surface area contributed by atoms with Gasteiger partial charge in [0.25, 0.3) is 0 Å². The molecule has 0 amide bonds. The summed E-state index contributed by atoms with van der Waals surface area (Å²) in [6.45, 7) is 8.25. The van der Waals surface area contributed by atoms with Gasteiger partial charge in [0.2, 0.25) is 0 Å². The van der Waals surface area contributed by atoms with Crippen LogP contribution in [0.5, 0.6) is 0 Å². The van der Waals surface area contributed by atoms with Crippen LogP contribution in [0.1, 0.15) is 51.9 Å². The van der Waals surface area contributed by atoms with Gasteiger partial charge in [-0.3, -0.25) is 4.90 Å². The number of piperidine rings is 1. The van der Waals surface area contributed by atoms with Crippen LogP contribution in [0.25, 0.3) is 0 Å². The molecule has 2 unspecified atom stereocenters. The van der Waals surface area contributed by atoms with E-state index in [4.69, 9.17) is 4.74 Å². The maximum Gasteiger partial charge on any atom is 0.0576 e. The van der Waals surface area contributed by atoms with Gasteiger partial charge in [0.1, 0.15) is 0 Å². The van der Waals surface area contributed by atoms with Gasteiger partial charge in [0.15, 0.2) is 0 Å². The third-order valence-corrected chi connectivity index (χ3v) is 4.36. The number of hydrogen-bond donors (Lipinski definition) is 1. The van der Waals surface area contributed by atoms with Crippen molar-refractivity contribution >= 4 is 0 Å². The number of nitrogens with zero attached hydrogens (tertiary/aromatic N) is 1. The normalized spacial score (nSPS) is 27.5. The van der Waals surface area contributed by atoms with E-state index in [2.05, 4.69) is 17.1 Å². The van der Waals surface area contributed by atoms with E-state index in [1.807, 2.05) is 0 Å². The molecule has 0 radical (unpaired) electrons. The van der Waals surface area contributed by atoms with Crippen LogP contribution >= 0.6 is 0 Å². The Morgan fingerprint density at radius 3 is 2.78 bits per heavy atom. The Morgan fingerprint density at radius 2 is 2.06 bits per heavy atom. The van der Waals surface area contributed by atoms with E-state index in [1.54, 1.807) is 0 Å². The molecule has 2 heterocycles. The van der Waals surface area contributed by atoms with Gasteiger partial charge >= 0.3 is 0 Å². The fraction of sp³-hybridized carbons (Fsp3) is 1.00. The van der Waals surface area contributed by atoms with E-state index in [-0.39, 0.29) is 0 Å². The minimum atomic E-state index is 0.561. The van der Waals surface area contributed by atoms with Crippen molar-refractivity contribution in [2.24, 2.45) is 0 Å². The second kappa shape index (κ2) is 8.13. The number of rotatable bonds is 7. The van der Waals surface area contributed by atoms with Crippen LogP contribution in [0, 0.1) is 0 Å². The van der Waals surface area contributed by atoms with Crippen molar-refractivity contribution in [2.75, 3.05) is 32.8 Å². The molecule has 2 fully saturated rings. The fourth-order valence-corrected chi connectivity index (χ4v) is 3.13. The second-order valence-electron chi connectivity index (χ2n) is 5.93. The first kappa shape index (κ1) is 14.3. The van der Waals surface area contributed by atoms with Crippen molar-refractivity contribution in [3.8, 4) is 0 Å². The smallest absolute Gasteiger partial charge is 0.0576 e. The molecule has 3 nitrogen and oxygen atoms in total. The molecule has 0 bridgehead atoms. The lowest BCUT2D eigenvalue weighted by Gasteiger charge is -2.32. The van der Waals surface area contributed by atoms with E-state index >= 15 is 0 Å². The number of likely N-dealkylation sites (tertiary alicyclic amines) is 1. The Labute approximate surface area is 112 Å². The quantitative estimate of drug-likeness (QED) is 0.706. The molecule has 2 saturated heterocycles. The van der Waals surface area contributed by atoms with Crippen LogP contribution in [0.15, 0.2) is 0 Å². The average molecular weight is 254 g/mol. The van der Waals surface area contributed by atoms with Crippen molar-refractivity contribution < 1.29 is 4.74 Å². The molecule has 3 heteroatoms. The summed E-state index contributed by atoms with van der Waals surface area (Å²) in [6.07, 6.45) is 9.83. The van der Waals surface area contributed by atoms with Gasteiger partial charge in [-0.05, 0) is 65.1 Å². The maximum atomic E-state index is 5.64. The summed E-state index contributed by atoms with van der Waals surface area (Å²) >= 11 is 0. The molecule has 106 valence electrons. The van der Waals surface area contributed by atoms with E-state index < -0.39 is 0 Å². The van der Waals surface area contributed by atoms with Gasteiger partial charge in [0, 0.05) is 19.2 Å². The van der Waals surface area contributed by atoms with Gasteiger partial charge in [0.05, 0.1) is 6.10 Å². The van der Waals surface area contributed by atoms with Crippen LogP contribution in [-0.4, -0.2) is 49.8 Å². The molecule has 18 heavy (non-hydrogen) atoms. The van der Waals surface area contributed by atoms with Gasteiger partial charge in [-0.15, -0.1) is 0 Å². The Hall–Kier alpha value is -0.120. The predicted octanol–water partition coefficient (Wildman–Crippen LogP) is 2.41. The van der Waals surface area contributed by atoms with Crippen LogP contribution in [0.2, 0.25) is 0 Å². The summed E-state index contributed by atoms with van der Waals surface area (Å²) < 4.78 is 5.64. The van der Waals surface area contributed by atoms with Crippen molar-refractivity contribution in [1.82, 2.24) is 10.2 Å². The van der Waals surface area contributed by atoms with E-state index in [0.717, 1.165) is 19.7 Å². The maximum absolute atomic E-state index is 5.64. The van der Waals surface area contributed by atoms with Crippen LogP contribution in [-0.2, 0) is 4.74 Å². The van der Waals surface area contributed by atoms with Crippen molar-refractivity contribution in [2.45, 2.75) is 64.0 Å². The molecule has 2 aliphatic rings. The topological polar surface area (TPSA) is 24.5 Å². The summed E-state index contributed by atoms with van der Waals surface area (Å²) in [7, 11) is 0. The lowest BCUT2D eigenvalue weighted by atomic mass is 10.1. The molecule has 0 aromatic heterocycles. The average Bonchev–Trinajstić information content (AvgIpc) is 2.92. The standard InChI is InChI=1S/C15H30N2O/c1-14(17-10-3-2-4-11-17)13-16-9-5-7-15-8-6-12-18-15/h14-16H,2-13H2,1H3. The highest BCUT2D eigenvalue weighted by molar-refractivity contribution is 4.73. The lowest BCUT2D eigenvalue weighted by Crippen LogP contribution is -2.43. The Balaban J connectivity index is 1.46. The minimum absolute atomic E-state index is 0.561. The first-order valence-corrected chi connectivity index (χ1v) is 7.92. The molecule has 2 atom stereocenters. The molecule has 0 spiro atoms. The number of ether oxygens (including phenoxy) is 1. The summed E-state index contributed by atoms with van der Waals surface area (Å²) in [6, 6.07) is 0.702. The van der Waals surface area contributed by atoms with E-state index in [9.17, 15) is 0 Å². The summed E-state index contributed by atoms with van der Waals surface area (Å²) in [5.74, 6) is 0. The minimum Gasteiger partial charge on any atom is -0.378 e. The van der Waals surface area contributed by atoms with Crippen LogP contribution < -0.4 is 5.32 Å². The first-order valence-electron chi connectivity index (χ1n) is 7.92. The summed E-state index contributed by atoms with van der Waals surface area (Å²) in [4.78, 5) is 2.64. The Bertz CT molecular complexity index is 211. The Kier molecular flexibility index (Phi) is 6.46. The van der Waals surface area contributed by atoms with Gasteiger partial charge in [-0.25, -0.2) is 0 Å². The van der Waals surface area contributed by atoms with Gasteiger partial charge in [-0.2, -0.15) is 0 Å². The zero-order valence-electron chi connectivity index (χ0n) is 12.0. The molecule has 0 aliphatic carbocycles. The Morgan fingerprint density at radius 1 is 1.22 bits per heavy atom. The van der Waals surface area contributed by atoms with Crippen molar-refractivity contribution in [1.29, 1.82) is 0 Å². The highest BCUT2D eigenvalue weighted by Crippen LogP contribution is 2.16. The largest absolute Gasteiger partial charge is 0.378 e. The second-order valence-corrected chi connectivity index (χ2v) is 5.93. The predicted molar refractivity (Wildman–Crippen MR) is 76.0 cm³/mol. The molecule has 1 N–H and O–H groups in total.